The number of likely N-dealkylation sites (N-methyl/N-ethyl adjacent to an activating group) is 1. The van der Waals surface area contributed by atoms with Crippen molar-refractivity contribution in [2.75, 3.05) is 66.6 Å². The van der Waals surface area contributed by atoms with E-state index in [1.165, 1.54) is 12.8 Å². The van der Waals surface area contributed by atoms with E-state index in [0.717, 1.165) is 58.4 Å². The maximum absolute atomic E-state index is 5.44. The highest BCUT2D eigenvalue weighted by Gasteiger charge is 2.28. The Balaban J connectivity index is 2.27. The molecule has 0 spiro atoms. The summed E-state index contributed by atoms with van der Waals surface area (Å²) in [4.78, 5) is 9.17. The standard InChI is InChI=1S/C17H37N5O/c1-6-7-9-21(5)10-8-19-16(18-4)20-15-17(2,3)22-11-13-23-14-12-22/h6-15H2,1-5H3,(H2,18,19,20). The van der Waals surface area contributed by atoms with Gasteiger partial charge in [-0.3, -0.25) is 9.89 Å². The van der Waals surface area contributed by atoms with Gasteiger partial charge in [0, 0.05) is 45.3 Å². The highest BCUT2D eigenvalue weighted by Crippen LogP contribution is 2.14. The van der Waals surface area contributed by atoms with Crippen molar-refractivity contribution in [3.63, 3.8) is 0 Å². The monoisotopic (exact) mass is 327 g/mol. The number of hydrogen-bond donors (Lipinski definition) is 2. The Morgan fingerprint density at radius 1 is 1.22 bits per heavy atom. The first-order valence-electron chi connectivity index (χ1n) is 8.95. The van der Waals surface area contributed by atoms with Crippen molar-refractivity contribution >= 4 is 5.96 Å². The number of morpholine rings is 1. The predicted molar refractivity (Wildman–Crippen MR) is 98.2 cm³/mol. The van der Waals surface area contributed by atoms with Crippen LogP contribution in [0.15, 0.2) is 4.99 Å². The van der Waals surface area contributed by atoms with E-state index < -0.39 is 0 Å². The maximum Gasteiger partial charge on any atom is 0.191 e. The second kappa shape index (κ2) is 10.8. The quantitative estimate of drug-likeness (QED) is 0.489. The molecular formula is C17H37N5O. The number of aliphatic imine (C=N–C) groups is 1. The lowest BCUT2D eigenvalue weighted by atomic mass is 10.0. The highest BCUT2D eigenvalue weighted by atomic mass is 16.5. The van der Waals surface area contributed by atoms with Crippen molar-refractivity contribution in [2.45, 2.75) is 39.2 Å². The minimum atomic E-state index is 0.0965. The van der Waals surface area contributed by atoms with Crippen LogP contribution < -0.4 is 10.6 Å². The smallest absolute Gasteiger partial charge is 0.191 e. The van der Waals surface area contributed by atoms with E-state index in [2.05, 4.69) is 53.2 Å². The summed E-state index contributed by atoms with van der Waals surface area (Å²) in [6.07, 6.45) is 2.51. The van der Waals surface area contributed by atoms with Crippen LogP contribution >= 0.6 is 0 Å². The Bertz CT molecular complexity index is 340. The molecule has 1 aliphatic rings. The van der Waals surface area contributed by atoms with Crippen LogP contribution in [-0.4, -0.2) is 87.9 Å². The second-order valence-corrected chi connectivity index (χ2v) is 6.92. The van der Waals surface area contributed by atoms with Crippen molar-refractivity contribution < 1.29 is 4.74 Å². The van der Waals surface area contributed by atoms with E-state index in [-0.39, 0.29) is 5.54 Å². The van der Waals surface area contributed by atoms with Crippen LogP contribution in [0.25, 0.3) is 0 Å². The summed E-state index contributed by atoms with van der Waals surface area (Å²) in [5.41, 5.74) is 0.0965. The summed E-state index contributed by atoms with van der Waals surface area (Å²) in [5, 5.41) is 6.87. The molecule has 23 heavy (non-hydrogen) atoms. The van der Waals surface area contributed by atoms with Crippen LogP contribution in [0.2, 0.25) is 0 Å². The summed E-state index contributed by atoms with van der Waals surface area (Å²) < 4.78 is 5.44. The van der Waals surface area contributed by atoms with Crippen LogP contribution in [0.4, 0.5) is 0 Å². The van der Waals surface area contributed by atoms with Crippen LogP contribution in [0.1, 0.15) is 33.6 Å². The van der Waals surface area contributed by atoms with Gasteiger partial charge in [-0.1, -0.05) is 13.3 Å². The van der Waals surface area contributed by atoms with Gasteiger partial charge in [0.2, 0.25) is 0 Å². The Morgan fingerprint density at radius 2 is 1.91 bits per heavy atom. The third-order valence-corrected chi connectivity index (χ3v) is 4.46. The van der Waals surface area contributed by atoms with Crippen molar-refractivity contribution in [3.05, 3.63) is 0 Å². The van der Waals surface area contributed by atoms with Crippen molar-refractivity contribution in [1.82, 2.24) is 20.4 Å². The molecule has 1 heterocycles. The predicted octanol–water partition coefficient (Wildman–Crippen LogP) is 0.994. The first kappa shape index (κ1) is 20.2. The number of nitrogens with zero attached hydrogens (tertiary/aromatic N) is 3. The zero-order valence-electron chi connectivity index (χ0n) is 15.8. The molecule has 6 heteroatoms. The van der Waals surface area contributed by atoms with Crippen molar-refractivity contribution in [2.24, 2.45) is 4.99 Å². The van der Waals surface area contributed by atoms with E-state index in [0.29, 0.717) is 0 Å². The van der Waals surface area contributed by atoms with Crippen LogP contribution in [0.3, 0.4) is 0 Å². The first-order valence-corrected chi connectivity index (χ1v) is 8.95. The fourth-order valence-corrected chi connectivity index (χ4v) is 2.71. The molecule has 0 radical (unpaired) electrons. The minimum Gasteiger partial charge on any atom is -0.379 e. The molecule has 0 aromatic carbocycles. The lowest BCUT2D eigenvalue weighted by Crippen LogP contribution is -2.56. The van der Waals surface area contributed by atoms with Gasteiger partial charge in [-0.05, 0) is 33.9 Å². The van der Waals surface area contributed by atoms with Gasteiger partial charge >= 0.3 is 0 Å². The molecule has 2 N–H and O–H groups in total. The molecule has 1 rings (SSSR count). The lowest BCUT2D eigenvalue weighted by Gasteiger charge is -2.41. The third kappa shape index (κ3) is 7.99. The summed E-state index contributed by atoms with van der Waals surface area (Å²) in [7, 11) is 4.01. The summed E-state index contributed by atoms with van der Waals surface area (Å²) in [5.74, 6) is 0.884. The normalized spacial score (nSPS) is 17.6. The fraction of sp³-hybridized carbons (Fsp3) is 0.941. The van der Waals surface area contributed by atoms with Gasteiger partial charge in [-0.2, -0.15) is 0 Å². The van der Waals surface area contributed by atoms with E-state index in [1.807, 2.05) is 7.05 Å². The molecule has 0 amide bonds. The average molecular weight is 328 g/mol. The Kier molecular flexibility index (Phi) is 9.52. The lowest BCUT2D eigenvalue weighted by molar-refractivity contribution is -0.00834. The van der Waals surface area contributed by atoms with Crippen LogP contribution in [-0.2, 0) is 4.74 Å². The maximum atomic E-state index is 5.44. The summed E-state index contributed by atoms with van der Waals surface area (Å²) in [6, 6.07) is 0. The van der Waals surface area contributed by atoms with E-state index in [9.17, 15) is 0 Å². The zero-order valence-corrected chi connectivity index (χ0v) is 15.8. The molecular weight excluding hydrogens is 290 g/mol. The molecule has 1 aliphatic heterocycles. The number of guanidine groups is 1. The Hall–Kier alpha value is -0.850. The van der Waals surface area contributed by atoms with Gasteiger partial charge in [0.1, 0.15) is 0 Å². The van der Waals surface area contributed by atoms with Gasteiger partial charge in [0.05, 0.1) is 13.2 Å². The molecule has 0 aromatic heterocycles. The van der Waals surface area contributed by atoms with Crippen LogP contribution in [0, 0.1) is 0 Å². The summed E-state index contributed by atoms with van der Waals surface area (Å²) in [6.45, 7) is 14.4. The van der Waals surface area contributed by atoms with Crippen LogP contribution in [0.5, 0.6) is 0 Å². The van der Waals surface area contributed by atoms with Gasteiger partial charge < -0.3 is 20.3 Å². The molecule has 1 fully saturated rings. The van der Waals surface area contributed by atoms with Gasteiger partial charge in [-0.25, -0.2) is 0 Å². The first-order chi connectivity index (χ1) is 11.0. The SMILES string of the molecule is CCCCN(C)CCNC(=NC)NCC(C)(C)N1CCOCC1. The second-order valence-electron chi connectivity index (χ2n) is 6.92. The van der Waals surface area contributed by atoms with Crippen molar-refractivity contribution in [3.8, 4) is 0 Å². The van der Waals surface area contributed by atoms with Crippen molar-refractivity contribution in [1.29, 1.82) is 0 Å². The molecule has 0 atom stereocenters. The third-order valence-electron chi connectivity index (χ3n) is 4.46. The number of hydrogen-bond acceptors (Lipinski definition) is 4. The van der Waals surface area contributed by atoms with Gasteiger partial charge in [-0.15, -0.1) is 0 Å². The van der Waals surface area contributed by atoms with E-state index >= 15 is 0 Å². The number of nitrogens with one attached hydrogen (secondary N) is 2. The number of rotatable bonds is 9. The fourth-order valence-electron chi connectivity index (χ4n) is 2.71. The topological polar surface area (TPSA) is 52.1 Å². The Morgan fingerprint density at radius 3 is 2.52 bits per heavy atom. The number of ether oxygens (including phenoxy) is 1. The summed E-state index contributed by atoms with van der Waals surface area (Å²) >= 11 is 0. The molecule has 0 aliphatic carbocycles. The van der Waals surface area contributed by atoms with Gasteiger partial charge in [0.15, 0.2) is 5.96 Å². The van der Waals surface area contributed by atoms with E-state index in [1.54, 1.807) is 0 Å². The molecule has 0 saturated carbocycles. The van der Waals surface area contributed by atoms with E-state index in [4.69, 9.17) is 4.74 Å². The van der Waals surface area contributed by atoms with Gasteiger partial charge in [0.25, 0.3) is 0 Å². The highest BCUT2D eigenvalue weighted by molar-refractivity contribution is 5.79. The number of unbranched alkanes of at least 4 members (excludes halogenated alkanes) is 1. The minimum absolute atomic E-state index is 0.0965. The molecule has 0 aromatic rings. The molecule has 0 unspecified atom stereocenters. The molecule has 6 nitrogen and oxygen atoms in total. The molecule has 136 valence electrons. The molecule has 0 bridgehead atoms. The molecule has 1 saturated heterocycles. The zero-order chi connectivity index (χ0) is 17.1. The largest absolute Gasteiger partial charge is 0.379 e. The average Bonchev–Trinajstić information content (AvgIpc) is 2.56. The Labute approximate surface area is 142 Å².